The van der Waals surface area contributed by atoms with Gasteiger partial charge in [0.1, 0.15) is 5.92 Å². The molecule has 0 aliphatic heterocycles. The molecule has 0 aliphatic carbocycles. The van der Waals surface area contributed by atoms with Gasteiger partial charge < -0.3 is 0 Å². The highest BCUT2D eigenvalue weighted by atomic mass is 32.1. The molecule has 0 fully saturated rings. The lowest BCUT2D eigenvalue weighted by atomic mass is 10.0. The van der Waals surface area contributed by atoms with Crippen LogP contribution in [0.5, 0.6) is 0 Å². The van der Waals surface area contributed by atoms with Crippen LogP contribution in [0.1, 0.15) is 51.9 Å². The van der Waals surface area contributed by atoms with E-state index >= 15 is 0 Å². The van der Waals surface area contributed by atoms with Gasteiger partial charge in [-0.1, -0.05) is 45.4 Å². The third kappa shape index (κ3) is 6.97. The van der Waals surface area contributed by atoms with Crippen molar-refractivity contribution in [3.63, 3.8) is 0 Å². The van der Waals surface area contributed by atoms with Gasteiger partial charge in [-0.25, -0.2) is 0 Å². The van der Waals surface area contributed by atoms with E-state index in [1.807, 2.05) is 6.07 Å². The van der Waals surface area contributed by atoms with Crippen LogP contribution in [0.3, 0.4) is 0 Å². The van der Waals surface area contributed by atoms with Gasteiger partial charge in [0.15, 0.2) is 0 Å². The number of thiol groups is 1. The molecule has 80 valence electrons. The topological polar surface area (TPSA) is 40.9 Å². The Kier molecular flexibility index (Phi) is 8.76. The molecule has 0 N–H and O–H groups in total. The quantitative estimate of drug-likeness (QED) is 0.496. The third-order valence-electron chi connectivity index (χ3n) is 2.30. The summed E-state index contributed by atoms with van der Waals surface area (Å²) in [5.41, 5.74) is 0. The zero-order chi connectivity index (χ0) is 10.8. The van der Waals surface area contributed by atoms with E-state index in [0.29, 0.717) is 6.42 Å². The molecule has 2 nitrogen and oxygen atoms in total. The zero-order valence-electron chi connectivity index (χ0n) is 8.83. The van der Waals surface area contributed by atoms with Crippen LogP contribution >= 0.6 is 12.6 Å². The van der Waals surface area contributed by atoms with E-state index in [1.54, 1.807) is 0 Å². The maximum Gasteiger partial charge on any atom is 0.203 e. The van der Waals surface area contributed by atoms with Gasteiger partial charge in [0, 0.05) is 0 Å². The van der Waals surface area contributed by atoms with Crippen molar-refractivity contribution in [3.05, 3.63) is 0 Å². The number of carbonyl (C=O) groups is 1. The zero-order valence-corrected chi connectivity index (χ0v) is 9.72. The Bertz CT molecular complexity index is 198. The summed E-state index contributed by atoms with van der Waals surface area (Å²) in [7, 11) is 0. The van der Waals surface area contributed by atoms with Crippen molar-refractivity contribution in [1.29, 1.82) is 5.26 Å². The van der Waals surface area contributed by atoms with Crippen molar-refractivity contribution in [2.24, 2.45) is 5.92 Å². The van der Waals surface area contributed by atoms with E-state index in [2.05, 4.69) is 19.6 Å². The molecule has 1 unspecified atom stereocenters. The molecule has 0 aromatic heterocycles. The SMILES string of the molecule is CCCCCCCCC(C#N)C(=O)S. The minimum Gasteiger partial charge on any atom is -0.286 e. The van der Waals surface area contributed by atoms with Crippen molar-refractivity contribution >= 4 is 17.7 Å². The summed E-state index contributed by atoms with van der Waals surface area (Å²) in [5, 5.41) is 8.33. The van der Waals surface area contributed by atoms with Crippen molar-refractivity contribution in [3.8, 4) is 6.07 Å². The van der Waals surface area contributed by atoms with Gasteiger partial charge in [0.05, 0.1) is 6.07 Å². The smallest absolute Gasteiger partial charge is 0.203 e. The van der Waals surface area contributed by atoms with Crippen molar-refractivity contribution in [2.45, 2.75) is 51.9 Å². The number of rotatable bonds is 8. The Morgan fingerprint density at radius 3 is 2.36 bits per heavy atom. The van der Waals surface area contributed by atoms with E-state index in [1.165, 1.54) is 25.7 Å². The van der Waals surface area contributed by atoms with E-state index in [0.717, 1.165) is 12.8 Å². The van der Waals surface area contributed by atoms with Gasteiger partial charge in [-0.15, -0.1) is 12.6 Å². The molecule has 0 aromatic rings. The second-order valence-electron chi connectivity index (χ2n) is 3.58. The van der Waals surface area contributed by atoms with Crippen LogP contribution in [-0.2, 0) is 4.79 Å². The molecule has 3 heteroatoms. The first kappa shape index (κ1) is 13.5. The summed E-state index contributed by atoms with van der Waals surface area (Å²) < 4.78 is 0. The Morgan fingerprint density at radius 2 is 1.86 bits per heavy atom. The Morgan fingerprint density at radius 1 is 1.29 bits per heavy atom. The molecule has 0 spiro atoms. The lowest BCUT2D eigenvalue weighted by molar-refractivity contribution is -0.112. The van der Waals surface area contributed by atoms with Gasteiger partial charge in [-0.3, -0.25) is 4.79 Å². The van der Waals surface area contributed by atoms with E-state index in [4.69, 9.17) is 5.26 Å². The van der Waals surface area contributed by atoms with Crippen molar-refractivity contribution < 1.29 is 4.79 Å². The highest BCUT2D eigenvalue weighted by Crippen LogP contribution is 2.13. The molecule has 0 radical (unpaired) electrons. The molecule has 0 aromatic carbocycles. The van der Waals surface area contributed by atoms with Crippen LogP contribution in [0, 0.1) is 17.2 Å². The molecule has 0 bridgehead atoms. The minimum atomic E-state index is -0.496. The molecule has 0 rings (SSSR count). The molecule has 14 heavy (non-hydrogen) atoms. The number of nitrogens with zero attached hydrogens (tertiary/aromatic N) is 1. The molecular formula is C11H19NOS. The number of hydrogen-bond donors (Lipinski definition) is 1. The van der Waals surface area contributed by atoms with Gasteiger partial charge >= 0.3 is 0 Å². The Hall–Kier alpha value is -0.490. The van der Waals surface area contributed by atoms with Crippen LogP contribution in [-0.4, -0.2) is 5.12 Å². The van der Waals surface area contributed by atoms with Crippen LogP contribution in [0.25, 0.3) is 0 Å². The van der Waals surface area contributed by atoms with Crippen LogP contribution < -0.4 is 0 Å². The minimum absolute atomic E-state index is 0.291. The fourth-order valence-electron chi connectivity index (χ4n) is 1.37. The first-order valence-electron chi connectivity index (χ1n) is 5.34. The first-order valence-corrected chi connectivity index (χ1v) is 5.79. The summed E-state index contributed by atoms with van der Waals surface area (Å²) in [6.45, 7) is 2.19. The van der Waals surface area contributed by atoms with Crippen LogP contribution in [0.2, 0.25) is 0 Å². The second-order valence-corrected chi connectivity index (χ2v) is 4.02. The van der Waals surface area contributed by atoms with E-state index < -0.39 is 5.92 Å². The third-order valence-corrected chi connectivity index (χ3v) is 2.61. The molecule has 0 saturated carbocycles. The van der Waals surface area contributed by atoms with E-state index in [-0.39, 0.29) is 5.12 Å². The maximum absolute atomic E-state index is 10.8. The molecule has 0 aliphatic rings. The summed E-state index contributed by atoms with van der Waals surface area (Å²) in [5.74, 6) is -0.496. The predicted octanol–water partition coefficient (Wildman–Crippen LogP) is 3.33. The Labute approximate surface area is 92.1 Å². The lowest BCUT2D eigenvalue weighted by Crippen LogP contribution is -2.05. The normalized spacial score (nSPS) is 12.1. The summed E-state index contributed by atoms with van der Waals surface area (Å²) in [6.07, 6.45) is 7.77. The van der Waals surface area contributed by atoms with Crippen molar-refractivity contribution in [1.82, 2.24) is 0 Å². The summed E-state index contributed by atoms with van der Waals surface area (Å²) >= 11 is 3.67. The number of unbranched alkanes of at least 4 members (excludes halogenated alkanes) is 5. The highest BCUT2D eigenvalue weighted by molar-refractivity contribution is 7.96. The molecule has 0 amide bonds. The van der Waals surface area contributed by atoms with Crippen LogP contribution in [0.4, 0.5) is 0 Å². The fourth-order valence-corrected chi connectivity index (χ4v) is 1.56. The largest absolute Gasteiger partial charge is 0.286 e. The van der Waals surface area contributed by atoms with Gasteiger partial charge in [0.25, 0.3) is 0 Å². The number of hydrogen-bond acceptors (Lipinski definition) is 2. The molecule has 0 saturated heterocycles. The fraction of sp³-hybridized carbons (Fsp3) is 0.818. The predicted molar refractivity (Wildman–Crippen MR) is 61.1 cm³/mol. The summed E-state index contributed by atoms with van der Waals surface area (Å²) in [6, 6.07) is 1.98. The summed E-state index contributed by atoms with van der Waals surface area (Å²) in [4.78, 5) is 10.8. The standard InChI is InChI=1S/C11H19NOS/c1-2-3-4-5-6-7-8-10(9-12)11(13)14/h10H,2-8H2,1H3,(H,13,14). The highest BCUT2D eigenvalue weighted by Gasteiger charge is 2.12. The number of carbonyl (C=O) groups excluding carboxylic acids is 1. The first-order chi connectivity index (χ1) is 6.72. The molecular weight excluding hydrogens is 194 g/mol. The molecule has 0 heterocycles. The van der Waals surface area contributed by atoms with Gasteiger partial charge in [0.2, 0.25) is 5.12 Å². The lowest BCUT2D eigenvalue weighted by Gasteiger charge is -2.03. The number of nitriles is 1. The van der Waals surface area contributed by atoms with Gasteiger partial charge in [-0.05, 0) is 6.42 Å². The van der Waals surface area contributed by atoms with Gasteiger partial charge in [-0.2, -0.15) is 5.26 Å². The van der Waals surface area contributed by atoms with Crippen LogP contribution in [0.15, 0.2) is 0 Å². The maximum atomic E-state index is 10.8. The van der Waals surface area contributed by atoms with E-state index in [9.17, 15) is 4.79 Å². The average Bonchev–Trinajstić information content (AvgIpc) is 2.16. The average molecular weight is 213 g/mol. The van der Waals surface area contributed by atoms with Crippen molar-refractivity contribution in [2.75, 3.05) is 0 Å². The second kappa shape index (κ2) is 9.08. The Balaban J connectivity index is 3.35. The molecule has 1 atom stereocenters. The monoisotopic (exact) mass is 213 g/mol.